The van der Waals surface area contributed by atoms with Crippen molar-refractivity contribution >= 4 is 11.6 Å². The van der Waals surface area contributed by atoms with E-state index < -0.39 is 17.6 Å². The van der Waals surface area contributed by atoms with Crippen molar-refractivity contribution in [2.24, 2.45) is 11.8 Å². The second-order valence-corrected chi connectivity index (χ2v) is 5.24. The molecule has 21 heavy (non-hydrogen) atoms. The van der Waals surface area contributed by atoms with E-state index >= 15 is 0 Å². The van der Waals surface area contributed by atoms with E-state index in [4.69, 9.17) is 5.84 Å². The Morgan fingerprint density at radius 2 is 2.05 bits per heavy atom. The van der Waals surface area contributed by atoms with Crippen LogP contribution in [0.4, 0.5) is 18.9 Å². The second kappa shape index (κ2) is 6.34. The fourth-order valence-electron chi connectivity index (χ4n) is 2.32. The van der Waals surface area contributed by atoms with Crippen molar-refractivity contribution in [1.82, 2.24) is 5.32 Å². The number of amides is 1. The SMILES string of the molecule is NNc1ccc(C(=O)NCCC2CCC2)cc1C(F)(F)F. The van der Waals surface area contributed by atoms with E-state index in [9.17, 15) is 18.0 Å². The predicted octanol–water partition coefficient (Wildman–Crippen LogP) is 2.91. The third kappa shape index (κ3) is 3.87. The number of nitrogens with one attached hydrogen (secondary N) is 2. The highest BCUT2D eigenvalue weighted by Crippen LogP contribution is 2.35. The minimum Gasteiger partial charge on any atom is -0.352 e. The van der Waals surface area contributed by atoms with Crippen LogP contribution in [0.15, 0.2) is 18.2 Å². The molecule has 1 amide bonds. The lowest BCUT2D eigenvalue weighted by molar-refractivity contribution is -0.137. The van der Waals surface area contributed by atoms with Crippen molar-refractivity contribution in [2.45, 2.75) is 31.9 Å². The van der Waals surface area contributed by atoms with Crippen molar-refractivity contribution in [3.05, 3.63) is 29.3 Å². The minimum absolute atomic E-state index is 0.0186. The van der Waals surface area contributed by atoms with Crippen LogP contribution in [0, 0.1) is 5.92 Å². The van der Waals surface area contributed by atoms with Crippen molar-refractivity contribution in [1.29, 1.82) is 0 Å². The molecule has 2 rings (SSSR count). The van der Waals surface area contributed by atoms with E-state index in [0.29, 0.717) is 12.5 Å². The molecular weight excluding hydrogens is 283 g/mol. The zero-order chi connectivity index (χ0) is 15.5. The highest BCUT2D eigenvalue weighted by atomic mass is 19.4. The summed E-state index contributed by atoms with van der Waals surface area (Å²) in [6.45, 7) is 0.488. The standard InChI is InChI=1S/C14H18F3N3O/c15-14(16,17)11-8-10(4-5-12(11)20-18)13(21)19-7-6-9-2-1-3-9/h4-5,8-9,20H,1-3,6-7,18H2,(H,19,21). The average molecular weight is 301 g/mol. The molecule has 0 saturated heterocycles. The minimum atomic E-state index is -4.57. The smallest absolute Gasteiger partial charge is 0.352 e. The van der Waals surface area contributed by atoms with Crippen LogP contribution < -0.4 is 16.6 Å². The molecule has 4 N–H and O–H groups in total. The van der Waals surface area contributed by atoms with Gasteiger partial charge >= 0.3 is 6.18 Å². The van der Waals surface area contributed by atoms with Crippen LogP contribution in [0.1, 0.15) is 41.6 Å². The summed E-state index contributed by atoms with van der Waals surface area (Å²) in [6.07, 6.45) is -0.124. The van der Waals surface area contributed by atoms with Gasteiger partial charge in [0.05, 0.1) is 11.3 Å². The number of hydrogen-bond donors (Lipinski definition) is 3. The van der Waals surface area contributed by atoms with Gasteiger partial charge in [-0.3, -0.25) is 10.6 Å². The van der Waals surface area contributed by atoms with Gasteiger partial charge in [-0.05, 0) is 30.5 Å². The molecule has 1 aliphatic rings. The second-order valence-electron chi connectivity index (χ2n) is 5.24. The molecule has 1 aromatic carbocycles. The molecule has 0 bridgehead atoms. The van der Waals surface area contributed by atoms with Crippen molar-refractivity contribution < 1.29 is 18.0 Å². The van der Waals surface area contributed by atoms with E-state index in [1.807, 2.05) is 5.43 Å². The van der Waals surface area contributed by atoms with E-state index in [1.165, 1.54) is 25.3 Å². The number of benzene rings is 1. The van der Waals surface area contributed by atoms with E-state index in [-0.39, 0.29) is 11.3 Å². The van der Waals surface area contributed by atoms with Gasteiger partial charge in [0, 0.05) is 12.1 Å². The molecule has 0 radical (unpaired) electrons. The van der Waals surface area contributed by atoms with Crippen LogP contribution in [0.2, 0.25) is 0 Å². The zero-order valence-corrected chi connectivity index (χ0v) is 11.5. The topological polar surface area (TPSA) is 67.1 Å². The van der Waals surface area contributed by atoms with Crippen molar-refractivity contribution in [3.63, 3.8) is 0 Å². The summed E-state index contributed by atoms with van der Waals surface area (Å²) in [5, 5.41) is 2.66. The van der Waals surface area contributed by atoms with Crippen LogP contribution in [0.5, 0.6) is 0 Å². The number of hydrazine groups is 1. The largest absolute Gasteiger partial charge is 0.418 e. The molecule has 1 saturated carbocycles. The molecule has 1 aromatic rings. The number of halogens is 3. The summed E-state index contributed by atoms with van der Waals surface area (Å²) in [5.41, 5.74) is 0.768. The quantitative estimate of drug-likeness (QED) is 0.578. The zero-order valence-electron chi connectivity index (χ0n) is 11.5. The van der Waals surface area contributed by atoms with Crippen LogP contribution in [-0.2, 0) is 6.18 Å². The number of nitrogen functional groups attached to an aromatic ring is 1. The highest BCUT2D eigenvalue weighted by molar-refractivity contribution is 5.94. The number of nitrogens with two attached hydrogens (primary N) is 1. The highest BCUT2D eigenvalue weighted by Gasteiger charge is 2.34. The van der Waals surface area contributed by atoms with Gasteiger partial charge in [0.15, 0.2) is 0 Å². The lowest BCUT2D eigenvalue weighted by Crippen LogP contribution is -2.28. The van der Waals surface area contributed by atoms with Crippen LogP contribution in [-0.4, -0.2) is 12.5 Å². The number of anilines is 1. The normalized spacial score (nSPS) is 15.4. The number of rotatable bonds is 5. The Labute approximate surface area is 120 Å². The van der Waals surface area contributed by atoms with Gasteiger partial charge in [-0.1, -0.05) is 19.3 Å². The summed E-state index contributed by atoms with van der Waals surface area (Å²) >= 11 is 0. The molecule has 116 valence electrons. The molecule has 7 heteroatoms. The van der Waals surface area contributed by atoms with E-state index in [0.717, 1.165) is 18.6 Å². The van der Waals surface area contributed by atoms with Crippen LogP contribution in [0.3, 0.4) is 0 Å². The van der Waals surface area contributed by atoms with Crippen LogP contribution in [0.25, 0.3) is 0 Å². The number of hydrogen-bond acceptors (Lipinski definition) is 3. The third-order valence-corrected chi connectivity index (χ3v) is 3.81. The monoisotopic (exact) mass is 301 g/mol. The first-order valence-corrected chi connectivity index (χ1v) is 6.88. The van der Waals surface area contributed by atoms with E-state index in [1.54, 1.807) is 0 Å². The Kier molecular flexibility index (Phi) is 4.72. The molecule has 0 unspecified atom stereocenters. The lowest BCUT2D eigenvalue weighted by Gasteiger charge is -2.25. The van der Waals surface area contributed by atoms with Crippen molar-refractivity contribution in [3.8, 4) is 0 Å². The summed E-state index contributed by atoms with van der Waals surface area (Å²) in [6, 6.07) is 3.29. The van der Waals surface area contributed by atoms with Gasteiger partial charge in [-0.25, -0.2) is 0 Å². The van der Waals surface area contributed by atoms with Gasteiger partial charge in [-0.15, -0.1) is 0 Å². The summed E-state index contributed by atoms with van der Waals surface area (Å²) < 4.78 is 38.6. The Hall–Kier alpha value is -1.76. The first-order valence-electron chi connectivity index (χ1n) is 6.88. The van der Waals surface area contributed by atoms with Gasteiger partial charge in [0.1, 0.15) is 0 Å². The first kappa shape index (κ1) is 15.6. The number of carbonyl (C=O) groups excluding carboxylic acids is 1. The molecule has 0 aromatic heterocycles. The predicted molar refractivity (Wildman–Crippen MR) is 73.5 cm³/mol. The maximum absolute atomic E-state index is 12.9. The Bertz CT molecular complexity index is 513. The maximum atomic E-state index is 12.9. The average Bonchev–Trinajstić information content (AvgIpc) is 2.39. The fourth-order valence-corrected chi connectivity index (χ4v) is 2.32. The molecule has 0 spiro atoms. The lowest BCUT2D eigenvalue weighted by atomic mass is 9.83. The molecule has 0 aliphatic heterocycles. The van der Waals surface area contributed by atoms with Gasteiger partial charge in [0.25, 0.3) is 5.91 Å². The Morgan fingerprint density at radius 3 is 2.57 bits per heavy atom. The van der Waals surface area contributed by atoms with Crippen molar-refractivity contribution in [2.75, 3.05) is 12.0 Å². The summed E-state index contributed by atoms with van der Waals surface area (Å²) in [7, 11) is 0. The van der Waals surface area contributed by atoms with Crippen LogP contribution >= 0.6 is 0 Å². The van der Waals surface area contributed by atoms with Gasteiger partial charge in [-0.2, -0.15) is 13.2 Å². The third-order valence-electron chi connectivity index (χ3n) is 3.81. The molecule has 4 nitrogen and oxygen atoms in total. The summed E-state index contributed by atoms with van der Waals surface area (Å²) in [4.78, 5) is 11.9. The van der Waals surface area contributed by atoms with E-state index in [2.05, 4.69) is 5.32 Å². The molecular formula is C14H18F3N3O. The number of alkyl halides is 3. The Morgan fingerprint density at radius 1 is 1.33 bits per heavy atom. The molecule has 0 heterocycles. The number of carbonyl (C=O) groups is 1. The van der Waals surface area contributed by atoms with Gasteiger partial charge < -0.3 is 10.7 Å². The molecule has 1 aliphatic carbocycles. The fraction of sp³-hybridized carbons (Fsp3) is 0.500. The Balaban J connectivity index is 2.02. The molecule has 0 atom stereocenters. The summed E-state index contributed by atoms with van der Waals surface area (Å²) in [5.74, 6) is 5.20. The maximum Gasteiger partial charge on any atom is 0.418 e. The van der Waals surface area contributed by atoms with Gasteiger partial charge in [0.2, 0.25) is 0 Å². The molecule has 1 fully saturated rings. The first-order chi connectivity index (χ1) is 9.91.